The maximum Gasteiger partial charge on any atom is 0.279 e. The van der Waals surface area contributed by atoms with Crippen LogP contribution in [0, 0.1) is 0 Å². The molecule has 162 valence electrons. The van der Waals surface area contributed by atoms with E-state index in [1.807, 2.05) is 36.4 Å². The van der Waals surface area contributed by atoms with Crippen molar-refractivity contribution >= 4 is 28.7 Å². The molecule has 2 N–H and O–H groups in total. The minimum atomic E-state index is -0.810. The molecule has 0 saturated carbocycles. The van der Waals surface area contributed by atoms with Crippen molar-refractivity contribution in [3.8, 4) is 5.75 Å². The van der Waals surface area contributed by atoms with Gasteiger partial charge in [-0.15, -0.1) is 0 Å². The van der Waals surface area contributed by atoms with Gasteiger partial charge in [-0.25, -0.2) is 0 Å². The first-order valence-corrected chi connectivity index (χ1v) is 10.4. The first-order valence-electron chi connectivity index (χ1n) is 9.98. The number of hydrogen-bond donors (Lipinski definition) is 2. The molecular weight excluding hydrogens is 430 g/mol. The summed E-state index contributed by atoms with van der Waals surface area (Å²) in [6.45, 7) is 0.224. The average molecular weight is 450 g/mol. The molecule has 0 radical (unpaired) electrons. The third kappa shape index (κ3) is 4.58. The molecule has 4 aromatic rings. The monoisotopic (exact) mass is 449 g/mol. The molecule has 8 heteroatoms. The van der Waals surface area contributed by atoms with Crippen molar-refractivity contribution < 1.29 is 9.90 Å². The van der Waals surface area contributed by atoms with Crippen molar-refractivity contribution in [2.75, 3.05) is 5.32 Å². The molecule has 0 atom stereocenters. The van der Waals surface area contributed by atoms with Crippen LogP contribution in [0.15, 0.2) is 82.8 Å². The fourth-order valence-corrected chi connectivity index (χ4v) is 3.68. The summed E-state index contributed by atoms with van der Waals surface area (Å²) in [7, 11) is 0. The number of hydrogen-bond acceptors (Lipinski definition) is 4. The Kier molecular flexibility index (Phi) is 6.09. The number of aromatic hydroxyl groups is 1. The van der Waals surface area contributed by atoms with Crippen LogP contribution in [0.2, 0.25) is 5.02 Å². The standard InChI is InChI=1S/C24H20ClN3O4/c25-18-8-4-7-17(13-18)14-28-12-11-27-15-19(22(30)23(31)21(27)24(28)32)26-20(29)10-9-16-5-2-1-3-6-16/h1-8,11-13,15,31H,9-10,14H2,(H,26,29). The van der Waals surface area contributed by atoms with E-state index in [0.717, 1.165) is 11.1 Å². The summed E-state index contributed by atoms with van der Waals surface area (Å²) in [5, 5.41) is 13.5. The Balaban J connectivity index is 1.59. The maximum atomic E-state index is 12.9. The lowest BCUT2D eigenvalue weighted by molar-refractivity contribution is -0.116. The Morgan fingerprint density at radius 1 is 1.00 bits per heavy atom. The molecule has 0 bridgehead atoms. The van der Waals surface area contributed by atoms with Crippen LogP contribution in [-0.2, 0) is 17.8 Å². The summed E-state index contributed by atoms with van der Waals surface area (Å²) in [6, 6.07) is 16.6. The molecule has 0 spiro atoms. The fraction of sp³-hybridized carbons (Fsp3) is 0.125. The number of halogens is 1. The average Bonchev–Trinajstić information content (AvgIpc) is 2.78. The van der Waals surface area contributed by atoms with Crippen LogP contribution >= 0.6 is 11.6 Å². The summed E-state index contributed by atoms with van der Waals surface area (Å²) >= 11 is 6.00. The van der Waals surface area contributed by atoms with Crippen LogP contribution in [-0.4, -0.2) is 20.0 Å². The number of nitrogens with zero attached hydrogens (tertiary/aromatic N) is 2. The summed E-state index contributed by atoms with van der Waals surface area (Å²) in [6.07, 6.45) is 5.11. The van der Waals surface area contributed by atoms with E-state index in [1.54, 1.807) is 30.6 Å². The normalized spacial score (nSPS) is 10.9. The van der Waals surface area contributed by atoms with Gasteiger partial charge in [-0.1, -0.05) is 54.1 Å². The number of carbonyl (C=O) groups excluding carboxylic acids is 1. The number of nitrogens with one attached hydrogen (secondary N) is 1. The van der Waals surface area contributed by atoms with E-state index in [0.29, 0.717) is 11.4 Å². The van der Waals surface area contributed by atoms with Crippen LogP contribution < -0.4 is 16.3 Å². The highest BCUT2D eigenvalue weighted by molar-refractivity contribution is 6.30. The minimum absolute atomic E-state index is 0.0925. The third-order valence-electron chi connectivity index (χ3n) is 5.08. The maximum absolute atomic E-state index is 12.9. The van der Waals surface area contributed by atoms with E-state index >= 15 is 0 Å². The molecule has 0 aliphatic rings. The SMILES string of the molecule is O=C(CCc1ccccc1)Nc1cn2ccn(Cc3cccc(Cl)c3)c(=O)c2c(O)c1=O. The van der Waals surface area contributed by atoms with E-state index in [4.69, 9.17) is 11.6 Å². The minimum Gasteiger partial charge on any atom is -0.502 e. The number of aromatic nitrogens is 2. The predicted molar refractivity (Wildman–Crippen MR) is 124 cm³/mol. The van der Waals surface area contributed by atoms with Crippen molar-refractivity contribution in [3.05, 3.63) is 110 Å². The molecule has 32 heavy (non-hydrogen) atoms. The lowest BCUT2D eigenvalue weighted by atomic mass is 10.1. The molecule has 0 aliphatic carbocycles. The zero-order valence-corrected chi connectivity index (χ0v) is 17.7. The Bertz CT molecular complexity index is 1410. The molecule has 0 fully saturated rings. The van der Waals surface area contributed by atoms with Gasteiger partial charge in [0.1, 0.15) is 5.69 Å². The first kappa shape index (κ1) is 21.4. The molecule has 0 saturated heterocycles. The van der Waals surface area contributed by atoms with E-state index in [1.165, 1.54) is 15.2 Å². The molecule has 2 aromatic carbocycles. The summed E-state index contributed by atoms with van der Waals surface area (Å²) in [5.74, 6) is -1.07. The van der Waals surface area contributed by atoms with Gasteiger partial charge in [0.05, 0.1) is 6.54 Å². The van der Waals surface area contributed by atoms with E-state index in [-0.39, 0.29) is 30.1 Å². The Morgan fingerprint density at radius 2 is 1.75 bits per heavy atom. The molecule has 2 aromatic heterocycles. The molecule has 0 unspecified atom stereocenters. The first-order chi connectivity index (χ1) is 15.4. The zero-order chi connectivity index (χ0) is 22.7. The molecule has 1 amide bonds. The predicted octanol–water partition coefficient (Wildman–Crippen LogP) is 3.44. The van der Waals surface area contributed by atoms with Crippen LogP contribution in [0.4, 0.5) is 5.69 Å². The number of pyridine rings is 1. The van der Waals surface area contributed by atoms with Gasteiger partial charge in [0.15, 0.2) is 11.3 Å². The Morgan fingerprint density at radius 3 is 2.50 bits per heavy atom. The Hall–Kier alpha value is -3.84. The largest absolute Gasteiger partial charge is 0.502 e. The van der Waals surface area contributed by atoms with Gasteiger partial charge >= 0.3 is 0 Å². The zero-order valence-electron chi connectivity index (χ0n) is 17.0. The highest BCUT2D eigenvalue weighted by atomic mass is 35.5. The lowest BCUT2D eigenvalue weighted by Gasteiger charge is -2.12. The summed E-state index contributed by atoms with van der Waals surface area (Å²) < 4.78 is 2.71. The molecule has 4 rings (SSSR count). The Labute approximate surface area is 188 Å². The quantitative estimate of drug-likeness (QED) is 0.471. The second-order valence-corrected chi connectivity index (χ2v) is 7.81. The van der Waals surface area contributed by atoms with Crippen LogP contribution in [0.1, 0.15) is 17.5 Å². The number of amides is 1. The summed E-state index contributed by atoms with van der Waals surface area (Å²) in [5.41, 5.74) is 0.195. The van der Waals surface area contributed by atoms with E-state index < -0.39 is 16.7 Å². The highest BCUT2D eigenvalue weighted by Crippen LogP contribution is 2.16. The van der Waals surface area contributed by atoms with Gasteiger partial charge in [-0.05, 0) is 29.7 Å². The van der Waals surface area contributed by atoms with Gasteiger partial charge in [0, 0.05) is 30.0 Å². The van der Waals surface area contributed by atoms with Gasteiger partial charge in [0.25, 0.3) is 5.56 Å². The van der Waals surface area contributed by atoms with Crippen LogP contribution in [0.5, 0.6) is 5.75 Å². The summed E-state index contributed by atoms with van der Waals surface area (Å²) in [4.78, 5) is 37.8. The van der Waals surface area contributed by atoms with Crippen molar-refractivity contribution in [2.45, 2.75) is 19.4 Å². The topological polar surface area (TPSA) is 92.8 Å². The lowest BCUT2D eigenvalue weighted by Crippen LogP contribution is -2.26. The number of benzene rings is 2. The number of carbonyl (C=O) groups is 1. The van der Waals surface area contributed by atoms with Gasteiger partial charge < -0.3 is 19.4 Å². The number of anilines is 1. The van der Waals surface area contributed by atoms with Gasteiger partial charge in [-0.2, -0.15) is 0 Å². The molecule has 7 nitrogen and oxygen atoms in total. The van der Waals surface area contributed by atoms with Crippen molar-refractivity contribution in [1.29, 1.82) is 0 Å². The second-order valence-electron chi connectivity index (χ2n) is 7.37. The van der Waals surface area contributed by atoms with Crippen molar-refractivity contribution in [3.63, 3.8) is 0 Å². The van der Waals surface area contributed by atoms with Crippen LogP contribution in [0.25, 0.3) is 5.52 Å². The second kappa shape index (κ2) is 9.11. The van der Waals surface area contributed by atoms with Gasteiger partial charge in [0.2, 0.25) is 11.3 Å². The van der Waals surface area contributed by atoms with Crippen molar-refractivity contribution in [1.82, 2.24) is 8.97 Å². The van der Waals surface area contributed by atoms with E-state index in [2.05, 4.69) is 5.32 Å². The number of fused-ring (bicyclic) bond motifs is 1. The van der Waals surface area contributed by atoms with E-state index in [9.17, 15) is 19.5 Å². The fourth-order valence-electron chi connectivity index (χ4n) is 3.47. The third-order valence-corrected chi connectivity index (χ3v) is 5.32. The van der Waals surface area contributed by atoms with Crippen LogP contribution in [0.3, 0.4) is 0 Å². The number of rotatable bonds is 6. The highest BCUT2D eigenvalue weighted by Gasteiger charge is 2.16. The number of aryl methyl sites for hydroxylation is 1. The van der Waals surface area contributed by atoms with Gasteiger partial charge in [-0.3, -0.25) is 14.4 Å². The van der Waals surface area contributed by atoms with Crippen molar-refractivity contribution in [2.24, 2.45) is 0 Å². The molecule has 2 heterocycles. The smallest absolute Gasteiger partial charge is 0.279 e. The molecule has 0 aliphatic heterocycles. The molecular formula is C24H20ClN3O4.